The number of nitrogens with one attached hydrogen (secondary N) is 1. The maximum atomic E-state index is 11.8. The summed E-state index contributed by atoms with van der Waals surface area (Å²) >= 11 is 0. The molecule has 7 nitrogen and oxygen atoms in total. The van der Waals surface area contributed by atoms with Crippen LogP contribution in [0.5, 0.6) is 0 Å². The van der Waals surface area contributed by atoms with E-state index >= 15 is 0 Å². The lowest BCUT2D eigenvalue weighted by atomic mass is 10.1. The molecule has 0 aliphatic heterocycles. The van der Waals surface area contributed by atoms with E-state index in [9.17, 15) is 4.79 Å². The molecule has 0 saturated heterocycles. The highest BCUT2D eigenvalue weighted by atomic mass is 16.2. The molecule has 0 aliphatic carbocycles. The second-order valence-electron chi connectivity index (χ2n) is 4.93. The van der Waals surface area contributed by atoms with Gasteiger partial charge in [-0.15, -0.1) is 5.10 Å². The molecule has 1 heterocycles. The summed E-state index contributed by atoms with van der Waals surface area (Å²) < 4.78 is 1.56. The van der Waals surface area contributed by atoms with Crippen molar-refractivity contribution >= 4 is 11.6 Å². The van der Waals surface area contributed by atoms with Crippen LogP contribution in [0.2, 0.25) is 0 Å². The molecule has 0 bridgehead atoms. The first kappa shape index (κ1) is 13.2. The normalized spacial score (nSPS) is 11.4. The average molecular weight is 260 g/mol. The van der Waals surface area contributed by atoms with Crippen LogP contribution in [0.15, 0.2) is 24.5 Å². The third-order valence-electron chi connectivity index (χ3n) is 2.64. The lowest BCUT2D eigenvalue weighted by molar-refractivity contribution is -0.120. The smallest absolute Gasteiger partial charge is 0.243 e. The molecule has 100 valence electrons. The molecule has 0 saturated carbocycles. The molecular weight excluding hydrogens is 244 g/mol. The highest BCUT2D eigenvalue weighted by Crippen LogP contribution is 2.18. The fourth-order valence-corrected chi connectivity index (χ4v) is 1.55. The van der Waals surface area contributed by atoms with Crippen LogP contribution in [-0.2, 0) is 4.79 Å². The highest BCUT2D eigenvalue weighted by Gasteiger charge is 2.21. The van der Waals surface area contributed by atoms with Crippen molar-refractivity contribution in [1.82, 2.24) is 20.2 Å². The van der Waals surface area contributed by atoms with Crippen molar-refractivity contribution in [3.63, 3.8) is 0 Å². The predicted molar refractivity (Wildman–Crippen MR) is 70.8 cm³/mol. The van der Waals surface area contributed by atoms with E-state index in [0.717, 1.165) is 11.3 Å². The van der Waals surface area contributed by atoms with Crippen LogP contribution in [0, 0.1) is 6.92 Å². The summed E-state index contributed by atoms with van der Waals surface area (Å²) in [4.78, 5) is 11.8. The second-order valence-corrected chi connectivity index (χ2v) is 4.93. The van der Waals surface area contributed by atoms with E-state index in [4.69, 9.17) is 5.73 Å². The first-order valence-electron chi connectivity index (χ1n) is 5.82. The van der Waals surface area contributed by atoms with Gasteiger partial charge >= 0.3 is 0 Å². The van der Waals surface area contributed by atoms with Crippen molar-refractivity contribution < 1.29 is 4.79 Å². The Morgan fingerprint density at radius 2 is 2.16 bits per heavy atom. The number of nitrogens with two attached hydrogens (primary N) is 1. The van der Waals surface area contributed by atoms with Gasteiger partial charge in [0.2, 0.25) is 5.91 Å². The molecule has 1 aromatic carbocycles. The Labute approximate surface area is 110 Å². The lowest BCUT2D eigenvalue weighted by Gasteiger charge is -2.18. The lowest BCUT2D eigenvalue weighted by Crippen LogP contribution is -2.45. The van der Waals surface area contributed by atoms with Crippen LogP contribution in [0.3, 0.4) is 0 Å². The largest absolute Gasteiger partial charge is 0.324 e. The Bertz CT molecular complexity index is 585. The Morgan fingerprint density at radius 3 is 2.68 bits per heavy atom. The van der Waals surface area contributed by atoms with Crippen molar-refractivity contribution in [2.45, 2.75) is 26.3 Å². The minimum atomic E-state index is -0.914. The number of hydrogen-bond acceptors (Lipinski definition) is 5. The fraction of sp³-hybridized carbons (Fsp3) is 0.333. The zero-order chi connectivity index (χ0) is 14.0. The number of amides is 1. The molecular formula is C12H16N6O. The van der Waals surface area contributed by atoms with E-state index in [1.165, 1.54) is 6.33 Å². The molecule has 19 heavy (non-hydrogen) atoms. The monoisotopic (exact) mass is 260 g/mol. The first-order chi connectivity index (χ1) is 8.88. The van der Waals surface area contributed by atoms with Gasteiger partial charge in [-0.1, -0.05) is 0 Å². The molecule has 0 unspecified atom stereocenters. The molecule has 0 radical (unpaired) electrons. The highest BCUT2D eigenvalue weighted by molar-refractivity contribution is 5.97. The van der Waals surface area contributed by atoms with Gasteiger partial charge in [-0.25, -0.2) is 4.68 Å². The number of carbonyl (C=O) groups is 1. The molecule has 2 rings (SSSR count). The van der Waals surface area contributed by atoms with Gasteiger partial charge in [0.1, 0.15) is 6.33 Å². The summed E-state index contributed by atoms with van der Waals surface area (Å²) in [5.74, 6) is -0.234. The van der Waals surface area contributed by atoms with E-state index in [2.05, 4.69) is 20.8 Å². The summed E-state index contributed by atoms with van der Waals surface area (Å²) in [5, 5.41) is 13.8. The maximum Gasteiger partial charge on any atom is 0.243 e. The molecule has 3 N–H and O–H groups in total. The quantitative estimate of drug-likeness (QED) is 0.844. The maximum absolute atomic E-state index is 11.8. The van der Waals surface area contributed by atoms with Gasteiger partial charge in [-0.2, -0.15) is 0 Å². The molecule has 1 amide bonds. The Morgan fingerprint density at radius 1 is 1.42 bits per heavy atom. The number of tetrazole rings is 1. The van der Waals surface area contributed by atoms with Gasteiger partial charge in [0, 0.05) is 5.69 Å². The number of hydrogen-bond donors (Lipinski definition) is 2. The van der Waals surface area contributed by atoms with Gasteiger partial charge in [-0.3, -0.25) is 4.79 Å². The molecule has 0 spiro atoms. The zero-order valence-corrected chi connectivity index (χ0v) is 11.1. The minimum Gasteiger partial charge on any atom is -0.324 e. The van der Waals surface area contributed by atoms with Crippen molar-refractivity contribution in [3.05, 3.63) is 30.1 Å². The van der Waals surface area contributed by atoms with E-state index in [0.29, 0.717) is 5.69 Å². The number of nitrogens with zero attached hydrogens (tertiary/aromatic N) is 4. The number of rotatable bonds is 3. The van der Waals surface area contributed by atoms with Crippen molar-refractivity contribution in [2.24, 2.45) is 5.73 Å². The summed E-state index contributed by atoms with van der Waals surface area (Å²) in [5.41, 5.74) is 7.31. The van der Waals surface area contributed by atoms with Gasteiger partial charge in [-0.05, 0) is 55.0 Å². The third kappa shape index (κ3) is 2.94. The van der Waals surface area contributed by atoms with E-state index in [1.807, 2.05) is 19.1 Å². The molecule has 0 aliphatic rings. The standard InChI is InChI=1S/C12H16N6O/c1-8-6-9(15-11(19)12(2,3)13)4-5-10(8)18-7-14-16-17-18/h4-7H,13H2,1-3H3,(H,15,19). The van der Waals surface area contributed by atoms with Crippen LogP contribution < -0.4 is 11.1 Å². The average Bonchev–Trinajstić information content (AvgIpc) is 2.81. The predicted octanol–water partition coefficient (Wildman–Crippen LogP) is 0.647. The minimum absolute atomic E-state index is 0.234. The number of benzene rings is 1. The Kier molecular flexibility index (Phi) is 3.30. The van der Waals surface area contributed by atoms with Crippen molar-refractivity contribution in [1.29, 1.82) is 0 Å². The number of aryl methyl sites for hydroxylation is 1. The number of carbonyl (C=O) groups excluding carboxylic acids is 1. The van der Waals surface area contributed by atoms with Crippen LogP contribution in [-0.4, -0.2) is 31.7 Å². The molecule has 0 atom stereocenters. The summed E-state index contributed by atoms with van der Waals surface area (Å²) in [6.45, 7) is 5.23. The van der Waals surface area contributed by atoms with Crippen LogP contribution in [0.25, 0.3) is 5.69 Å². The number of aromatic nitrogens is 4. The SMILES string of the molecule is Cc1cc(NC(=O)C(C)(C)N)ccc1-n1cnnn1. The van der Waals surface area contributed by atoms with Gasteiger partial charge in [0.05, 0.1) is 11.2 Å². The first-order valence-corrected chi connectivity index (χ1v) is 5.82. The fourth-order valence-electron chi connectivity index (χ4n) is 1.55. The van der Waals surface area contributed by atoms with Crippen molar-refractivity contribution in [2.75, 3.05) is 5.32 Å². The van der Waals surface area contributed by atoms with Crippen LogP contribution >= 0.6 is 0 Å². The zero-order valence-electron chi connectivity index (χ0n) is 11.1. The van der Waals surface area contributed by atoms with E-state index < -0.39 is 5.54 Å². The van der Waals surface area contributed by atoms with E-state index in [-0.39, 0.29) is 5.91 Å². The topological polar surface area (TPSA) is 98.7 Å². The van der Waals surface area contributed by atoms with Gasteiger partial charge < -0.3 is 11.1 Å². The van der Waals surface area contributed by atoms with E-state index in [1.54, 1.807) is 24.6 Å². The molecule has 7 heteroatoms. The van der Waals surface area contributed by atoms with Gasteiger partial charge in [0.25, 0.3) is 0 Å². The Hall–Kier alpha value is -2.28. The van der Waals surface area contributed by atoms with Crippen LogP contribution in [0.4, 0.5) is 5.69 Å². The van der Waals surface area contributed by atoms with Gasteiger partial charge in [0.15, 0.2) is 0 Å². The second kappa shape index (κ2) is 4.77. The summed E-state index contributed by atoms with van der Waals surface area (Å²) in [6, 6.07) is 5.47. The molecule has 0 fully saturated rings. The Balaban J connectivity index is 2.23. The number of anilines is 1. The third-order valence-corrected chi connectivity index (χ3v) is 2.64. The summed E-state index contributed by atoms with van der Waals surface area (Å²) in [7, 11) is 0. The molecule has 2 aromatic rings. The van der Waals surface area contributed by atoms with Crippen molar-refractivity contribution in [3.8, 4) is 5.69 Å². The van der Waals surface area contributed by atoms with Crippen LogP contribution in [0.1, 0.15) is 19.4 Å². The molecule has 1 aromatic heterocycles. The summed E-state index contributed by atoms with van der Waals surface area (Å²) in [6.07, 6.45) is 1.52.